The van der Waals surface area contributed by atoms with E-state index in [2.05, 4.69) is 25.2 Å². The highest BCUT2D eigenvalue weighted by Crippen LogP contribution is 2.35. The van der Waals surface area contributed by atoms with E-state index in [0.717, 1.165) is 6.07 Å². The van der Waals surface area contributed by atoms with E-state index in [9.17, 15) is 13.2 Å². The lowest BCUT2D eigenvalue weighted by atomic mass is 10.1. The summed E-state index contributed by atoms with van der Waals surface area (Å²) in [5.41, 5.74) is 6.45. The molecule has 0 atom stereocenters. The van der Waals surface area contributed by atoms with Crippen LogP contribution in [0.1, 0.15) is 11.3 Å². The Hall–Kier alpha value is -3.99. The first-order valence-corrected chi connectivity index (χ1v) is 9.87. The molecule has 0 saturated heterocycles. The molecule has 4 aromatic heterocycles. The van der Waals surface area contributed by atoms with Crippen molar-refractivity contribution >= 4 is 23.1 Å². The van der Waals surface area contributed by atoms with E-state index in [0.29, 0.717) is 32.0 Å². The molecular formula is C21H13ClF3N7O. The number of anilines is 1. The Bertz CT molecular complexity index is 1490. The summed E-state index contributed by atoms with van der Waals surface area (Å²) in [5, 5.41) is 8.26. The minimum absolute atomic E-state index is 0.0399. The second kappa shape index (κ2) is 7.55. The normalized spacial score (nSPS) is 11.9. The monoisotopic (exact) mass is 471 g/mol. The Morgan fingerprint density at radius 2 is 1.82 bits per heavy atom. The Labute approximate surface area is 188 Å². The van der Waals surface area contributed by atoms with Gasteiger partial charge in [-0.3, -0.25) is 0 Å². The summed E-state index contributed by atoms with van der Waals surface area (Å²) in [6, 6.07) is 9.02. The second-order valence-electron chi connectivity index (χ2n) is 7.18. The summed E-state index contributed by atoms with van der Waals surface area (Å²) in [7, 11) is 0. The average Bonchev–Trinajstić information content (AvgIpc) is 3.42. The average molecular weight is 472 g/mol. The van der Waals surface area contributed by atoms with Crippen LogP contribution in [0.25, 0.3) is 39.7 Å². The first kappa shape index (κ1) is 20.9. The minimum atomic E-state index is -4.68. The minimum Gasteiger partial charge on any atom is -0.384 e. The lowest BCUT2D eigenvalue weighted by molar-refractivity contribution is -0.142. The third kappa shape index (κ3) is 3.76. The van der Waals surface area contributed by atoms with Crippen LogP contribution in [0, 0.1) is 6.92 Å². The van der Waals surface area contributed by atoms with Gasteiger partial charge < -0.3 is 10.3 Å². The number of benzene rings is 1. The number of nitrogens with two attached hydrogens (primary N) is 1. The first-order valence-electron chi connectivity index (χ1n) is 9.49. The molecule has 166 valence electrons. The zero-order valence-corrected chi connectivity index (χ0v) is 17.6. The summed E-state index contributed by atoms with van der Waals surface area (Å²) in [6.07, 6.45) is -2.02. The summed E-state index contributed by atoms with van der Waals surface area (Å²) >= 11 is 6.06. The Morgan fingerprint density at radius 1 is 1.03 bits per heavy atom. The van der Waals surface area contributed by atoms with Gasteiger partial charge in [-0.2, -0.15) is 23.3 Å². The molecule has 5 aromatic rings. The van der Waals surface area contributed by atoms with E-state index in [-0.39, 0.29) is 28.6 Å². The standard InChI is InChI=1S/C21H13ClF3N7O/c1-10-6-11(2-4-14(10)22)15-7-16(21(23,24)25)32-19(29-15)13(9-28-32)20-30-18(31-33-20)12-3-5-17(26)27-8-12/h2-9H,1H3,(H2,26,27). The number of halogens is 4. The Balaban J connectivity index is 1.68. The molecule has 2 N–H and O–H groups in total. The van der Waals surface area contributed by atoms with Gasteiger partial charge in [-0.25, -0.2) is 14.5 Å². The van der Waals surface area contributed by atoms with Gasteiger partial charge >= 0.3 is 6.18 Å². The quantitative estimate of drug-likeness (QED) is 0.391. The van der Waals surface area contributed by atoms with Gasteiger partial charge in [-0.05, 0) is 42.8 Å². The fourth-order valence-electron chi connectivity index (χ4n) is 3.26. The number of hydrogen-bond acceptors (Lipinski definition) is 7. The fraction of sp³-hybridized carbons (Fsp3) is 0.0952. The van der Waals surface area contributed by atoms with Crippen LogP contribution >= 0.6 is 11.6 Å². The number of aryl methyl sites for hydroxylation is 1. The first-order chi connectivity index (χ1) is 15.7. The van der Waals surface area contributed by atoms with Crippen molar-refractivity contribution in [1.82, 2.24) is 29.7 Å². The van der Waals surface area contributed by atoms with Crippen LogP contribution < -0.4 is 5.73 Å². The van der Waals surface area contributed by atoms with E-state index in [1.54, 1.807) is 37.3 Å². The second-order valence-corrected chi connectivity index (χ2v) is 7.58. The number of nitrogens with zero attached hydrogens (tertiary/aromatic N) is 6. The lowest BCUT2D eigenvalue weighted by Gasteiger charge is -2.12. The maximum absolute atomic E-state index is 13.8. The largest absolute Gasteiger partial charge is 0.433 e. The maximum atomic E-state index is 13.8. The predicted octanol–water partition coefficient (Wildman–Crippen LogP) is 5.07. The topological polar surface area (TPSA) is 108 Å². The van der Waals surface area contributed by atoms with Crippen molar-refractivity contribution in [2.45, 2.75) is 13.1 Å². The van der Waals surface area contributed by atoms with Gasteiger partial charge in [0, 0.05) is 22.3 Å². The van der Waals surface area contributed by atoms with Crippen LogP contribution in [0.5, 0.6) is 0 Å². The van der Waals surface area contributed by atoms with Crippen LogP contribution in [0.15, 0.2) is 53.3 Å². The Morgan fingerprint density at radius 3 is 2.52 bits per heavy atom. The molecule has 0 aliphatic rings. The molecule has 8 nitrogen and oxygen atoms in total. The molecule has 12 heteroatoms. The van der Waals surface area contributed by atoms with Gasteiger partial charge in [0.2, 0.25) is 5.82 Å². The summed E-state index contributed by atoms with van der Waals surface area (Å²) in [5.74, 6) is 0.471. The Kier molecular flexibility index (Phi) is 4.78. The lowest BCUT2D eigenvalue weighted by Crippen LogP contribution is -2.13. The molecule has 0 bridgehead atoms. The van der Waals surface area contributed by atoms with E-state index in [4.69, 9.17) is 21.9 Å². The molecule has 0 spiro atoms. The molecule has 1 aromatic carbocycles. The molecule has 4 heterocycles. The number of aromatic nitrogens is 6. The third-order valence-corrected chi connectivity index (χ3v) is 5.34. The highest BCUT2D eigenvalue weighted by atomic mass is 35.5. The number of nitrogen functional groups attached to an aromatic ring is 1. The summed E-state index contributed by atoms with van der Waals surface area (Å²) < 4.78 is 47.5. The van der Waals surface area contributed by atoms with E-state index < -0.39 is 11.9 Å². The van der Waals surface area contributed by atoms with E-state index in [1.807, 2.05) is 0 Å². The number of hydrogen-bond donors (Lipinski definition) is 1. The van der Waals surface area contributed by atoms with Gasteiger partial charge in [0.15, 0.2) is 11.3 Å². The molecule has 0 radical (unpaired) electrons. The van der Waals surface area contributed by atoms with Crippen LogP contribution in [0.3, 0.4) is 0 Å². The molecule has 0 saturated carbocycles. The molecule has 33 heavy (non-hydrogen) atoms. The van der Waals surface area contributed by atoms with Gasteiger partial charge in [0.05, 0.1) is 11.9 Å². The summed E-state index contributed by atoms with van der Waals surface area (Å²) in [6.45, 7) is 1.76. The molecule has 0 aliphatic carbocycles. The van der Waals surface area contributed by atoms with E-state index >= 15 is 0 Å². The number of pyridine rings is 1. The highest BCUT2D eigenvalue weighted by molar-refractivity contribution is 6.31. The van der Waals surface area contributed by atoms with Crippen molar-refractivity contribution < 1.29 is 17.7 Å². The smallest absolute Gasteiger partial charge is 0.384 e. The van der Waals surface area contributed by atoms with Crippen molar-refractivity contribution in [3.8, 4) is 34.1 Å². The van der Waals surface area contributed by atoms with Gasteiger partial charge in [-0.15, -0.1) is 0 Å². The van der Waals surface area contributed by atoms with Gasteiger partial charge in [-0.1, -0.05) is 22.8 Å². The van der Waals surface area contributed by atoms with Crippen molar-refractivity contribution in [2.75, 3.05) is 5.73 Å². The van der Waals surface area contributed by atoms with Crippen molar-refractivity contribution in [1.29, 1.82) is 0 Å². The van der Waals surface area contributed by atoms with Gasteiger partial charge in [0.1, 0.15) is 11.4 Å². The van der Waals surface area contributed by atoms with Crippen LogP contribution in [-0.4, -0.2) is 29.7 Å². The van der Waals surface area contributed by atoms with Crippen molar-refractivity contribution in [3.05, 3.63) is 65.1 Å². The number of rotatable bonds is 3. The van der Waals surface area contributed by atoms with Crippen molar-refractivity contribution in [2.24, 2.45) is 0 Å². The molecule has 0 unspecified atom stereocenters. The third-order valence-electron chi connectivity index (χ3n) is 4.92. The maximum Gasteiger partial charge on any atom is 0.433 e. The summed E-state index contributed by atoms with van der Waals surface area (Å²) in [4.78, 5) is 12.7. The fourth-order valence-corrected chi connectivity index (χ4v) is 3.37. The predicted molar refractivity (Wildman–Crippen MR) is 114 cm³/mol. The molecule has 0 fully saturated rings. The molecule has 5 rings (SSSR count). The zero-order valence-electron chi connectivity index (χ0n) is 16.8. The number of fused-ring (bicyclic) bond motifs is 1. The SMILES string of the molecule is Cc1cc(-c2cc(C(F)(F)F)n3ncc(-c4nc(-c5ccc(N)nc5)no4)c3n2)ccc1Cl. The molecular weight excluding hydrogens is 459 g/mol. The van der Waals surface area contributed by atoms with E-state index in [1.165, 1.54) is 12.4 Å². The highest BCUT2D eigenvalue weighted by Gasteiger charge is 2.36. The van der Waals surface area contributed by atoms with Crippen molar-refractivity contribution in [3.63, 3.8) is 0 Å². The van der Waals surface area contributed by atoms with Gasteiger partial charge in [0.25, 0.3) is 5.89 Å². The van der Waals surface area contributed by atoms with Crippen LogP contribution in [-0.2, 0) is 6.18 Å². The van der Waals surface area contributed by atoms with Crippen LogP contribution in [0.2, 0.25) is 5.02 Å². The molecule has 0 amide bonds. The zero-order chi connectivity index (χ0) is 23.3. The van der Waals surface area contributed by atoms with Crippen LogP contribution in [0.4, 0.5) is 19.0 Å². The number of alkyl halides is 3. The molecule has 0 aliphatic heterocycles.